The number of aryl methyl sites for hydroxylation is 2. The molecule has 1 aliphatic rings. The third-order valence-corrected chi connectivity index (χ3v) is 6.65. The molecule has 2 heterocycles. The van der Waals surface area contributed by atoms with Gasteiger partial charge >= 0.3 is 0 Å². The molecule has 0 saturated heterocycles. The van der Waals surface area contributed by atoms with E-state index in [0.717, 1.165) is 41.5 Å². The van der Waals surface area contributed by atoms with E-state index in [4.69, 9.17) is 16.3 Å². The van der Waals surface area contributed by atoms with Gasteiger partial charge in [-0.15, -0.1) is 11.3 Å². The number of carbonyl (C=O) groups excluding carboxylic acids is 1. The molecule has 1 N–H and O–H groups in total. The van der Waals surface area contributed by atoms with Crippen molar-refractivity contribution in [2.24, 2.45) is 0 Å². The molecule has 3 aromatic rings. The Labute approximate surface area is 182 Å². The zero-order valence-electron chi connectivity index (χ0n) is 16.3. The first-order valence-electron chi connectivity index (χ1n) is 9.74. The molecule has 4 rings (SSSR count). The maximum atomic E-state index is 13.4. The minimum atomic E-state index is -1.29. The summed E-state index contributed by atoms with van der Waals surface area (Å²) in [6.07, 6.45) is 3.65. The van der Waals surface area contributed by atoms with E-state index in [1.807, 2.05) is 0 Å². The van der Waals surface area contributed by atoms with Gasteiger partial charge < -0.3 is 20.0 Å². The molecule has 1 atom stereocenters. The highest BCUT2D eigenvalue weighted by Crippen LogP contribution is 2.39. The molecule has 0 spiro atoms. The molecule has 30 heavy (non-hydrogen) atoms. The van der Waals surface area contributed by atoms with Crippen LogP contribution < -0.4 is 10.4 Å². The van der Waals surface area contributed by atoms with Crippen molar-refractivity contribution in [1.82, 2.24) is 9.97 Å². The summed E-state index contributed by atoms with van der Waals surface area (Å²) in [6.45, 7) is 1.54. The third-order valence-electron chi connectivity index (χ3n) is 5.11. The molecule has 0 radical (unpaired) electrons. The summed E-state index contributed by atoms with van der Waals surface area (Å²) >= 11 is 7.81. The molecule has 2 aromatic heterocycles. The van der Waals surface area contributed by atoms with Gasteiger partial charge in [0.05, 0.1) is 18.0 Å². The van der Waals surface area contributed by atoms with Crippen LogP contribution in [0.1, 0.15) is 47.7 Å². The van der Waals surface area contributed by atoms with Gasteiger partial charge in [0.1, 0.15) is 22.6 Å². The van der Waals surface area contributed by atoms with E-state index in [-0.39, 0.29) is 5.82 Å². The molecule has 1 unspecified atom stereocenters. The van der Waals surface area contributed by atoms with E-state index in [2.05, 4.69) is 15.3 Å². The van der Waals surface area contributed by atoms with Gasteiger partial charge in [0.25, 0.3) is 0 Å². The second-order valence-corrected chi connectivity index (χ2v) is 8.73. The van der Waals surface area contributed by atoms with Crippen molar-refractivity contribution in [3.05, 3.63) is 50.9 Å². The van der Waals surface area contributed by atoms with Gasteiger partial charge in [0.2, 0.25) is 0 Å². The number of benzene rings is 1. The van der Waals surface area contributed by atoms with E-state index in [1.54, 1.807) is 24.3 Å². The molecule has 1 aliphatic carbocycles. The topological polar surface area (TPSA) is 87.2 Å². The zero-order chi connectivity index (χ0) is 21.3. The normalized spacial score (nSPS) is 14.5. The summed E-state index contributed by atoms with van der Waals surface area (Å²) in [7, 11) is 0. The van der Waals surface area contributed by atoms with Crippen molar-refractivity contribution in [2.75, 3.05) is 11.9 Å². The van der Waals surface area contributed by atoms with Crippen LogP contribution in [0, 0.1) is 5.82 Å². The number of ether oxygens (including phenoxy) is 1. The molecule has 6 nitrogen and oxygen atoms in total. The number of aromatic nitrogens is 2. The number of hydrogen-bond acceptors (Lipinski definition) is 7. The summed E-state index contributed by atoms with van der Waals surface area (Å²) < 4.78 is 18.7. The lowest BCUT2D eigenvalue weighted by Crippen LogP contribution is -2.28. The van der Waals surface area contributed by atoms with E-state index in [9.17, 15) is 14.3 Å². The molecule has 0 bridgehead atoms. The fourth-order valence-corrected chi connectivity index (χ4v) is 5.10. The Bertz CT molecular complexity index is 1100. The number of anilines is 1. The van der Waals surface area contributed by atoms with E-state index in [1.165, 1.54) is 22.6 Å². The van der Waals surface area contributed by atoms with Crippen LogP contribution >= 0.6 is 22.9 Å². The summed E-state index contributed by atoms with van der Waals surface area (Å²) in [5.41, 5.74) is 2.01. The number of carboxylic acids is 1. The van der Waals surface area contributed by atoms with Crippen LogP contribution in [-0.4, -0.2) is 22.5 Å². The van der Waals surface area contributed by atoms with Gasteiger partial charge in [0.15, 0.2) is 5.82 Å². The Kier molecular flexibility index (Phi) is 6.17. The summed E-state index contributed by atoms with van der Waals surface area (Å²) in [5.74, 6) is -0.631. The first kappa shape index (κ1) is 21.0. The van der Waals surface area contributed by atoms with Gasteiger partial charge in [0, 0.05) is 16.4 Å². The SMILES string of the molecule is CC(OCC(=O)[O-])c1nc(NCc2ccc(F)cc2Cl)c2c3c(sc2n1)CCCC3. The van der Waals surface area contributed by atoms with Crippen LogP contribution in [0.15, 0.2) is 18.2 Å². The van der Waals surface area contributed by atoms with Crippen LogP contribution in [0.4, 0.5) is 10.2 Å². The number of halogens is 2. The Balaban J connectivity index is 1.70. The summed E-state index contributed by atoms with van der Waals surface area (Å²) in [4.78, 5) is 22.2. The molecular formula is C21H20ClFN3O3S-. The molecule has 1 aromatic carbocycles. The molecule has 0 fully saturated rings. The number of thiophene rings is 1. The van der Waals surface area contributed by atoms with Crippen molar-refractivity contribution in [1.29, 1.82) is 0 Å². The van der Waals surface area contributed by atoms with E-state index < -0.39 is 18.7 Å². The predicted octanol–water partition coefficient (Wildman–Crippen LogP) is 3.80. The van der Waals surface area contributed by atoms with Crippen molar-refractivity contribution in [2.45, 2.75) is 45.3 Å². The van der Waals surface area contributed by atoms with Gasteiger partial charge in [-0.05, 0) is 55.9 Å². The Morgan fingerprint density at radius 3 is 2.93 bits per heavy atom. The number of nitrogens with zero attached hydrogens (tertiary/aromatic N) is 2. The average molecular weight is 449 g/mol. The molecule has 0 amide bonds. The van der Waals surface area contributed by atoms with E-state index in [0.29, 0.717) is 23.2 Å². The number of nitrogens with one attached hydrogen (secondary N) is 1. The Morgan fingerprint density at radius 2 is 2.17 bits per heavy atom. The second-order valence-electron chi connectivity index (χ2n) is 7.24. The Hall–Kier alpha value is -2.29. The first-order chi connectivity index (χ1) is 14.4. The average Bonchev–Trinajstić information content (AvgIpc) is 3.09. The number of fused-ring (bicyclic) bond motifs is 3. The standard InChI is InChI=1S/C21H21ClFN3O3S/c1-11(29-10-17(27)28)19-25-20(24-9-12-6-7-13(23)8-15(12)22)18-14-4-2-3-5-16(14)30-21(18)26-19/h6-8,11H,2-5,9-10H2,1H3,(H,27,28)(H,24,25,26)/p-1. The van der Waals surface area contributed by atoms with Gasteiger partial charge in [-0.1, -0.05) is 17.7 Å². The molecule has 158 valence electrons. The quantitative estimate of drug-likeness (QED) is 0.591. The van der Waals surface area contributed by atoms with Crippen molar-refractivity contribution < 1.29 is 19.0 Å². The fourth-order valence-electron chi connectivity index (χ4n) is 3.60. The number of rotatable bonds is 7. The number of carbonyl (C=O) groups is 1. The highest BCUT2D eigenvalue weighted by Gasteiger charge is 2.23. The van der Waals surface area contributed by atoms with Crippen molar-refractivity contribution >= 4 is 44.9 Å². The van der Waals surface area contributed by atoms with Gasteiger partial charge in [-0.25, -0.2) is 14.4 Å². The van der Waals surface area contributed by atoms with E-state index >= 15 is 0 Å². The van der Waals surface area contributed by atoms with Crippen LogP contribution in [0.2, 0.25) is 5.02 Å². The maximum Gasteiger partial charge on any atom is 0.160 e. The van der Waals surface area contributed by atoms with Crippen LogP contribution in [0.3, 0.4) is 0 Å². The van der Waals surface area contributed by atoms with Gasteiger partial charge in [-0.2, -0.15) is 0 Å². The lowest BCUT2D eigenvalue weighted by Gasteiger charge is -2.16. The highest BCUT2D eigenvalue weighted by molar-refractivity contribution is 7.19. The molecule has 0 saturated carbocycles. The monoisotopic (exact) mass is 448 g/mol. The van der Waals surface area contributed by atoms with Gasteiger partial charge in [-0.3, -0.25) is 0 Å². The maximum absolute atomic E-state index is 13.4. The largest absolute Gasteiger partial charge is 0.548 e. The third kappa shape index (κ3) is 4.40. The fraction of sp³-hybridized carbons (Fsp3) is 0.381. The lowest BCUT2D eigenvalue weighted by atomic mass is 9.97. The smallest absolute Gasteiger partial charge is 0.160 e. The molecular weight excluding hydrogens is 429 g/mol. The zero-order valence-corrected chi connectivity index (χ0v) is 17.9. The summed E-state index contributed by atoms with van der Waals surface area (Å²) in [5, 5.41) is 15.4. The van der Waals surface area contributed by atoms with Crippen LogP contribution in [0.25, 0.3) is 10.2 Å². The number of carboxylic acid groups (broad SMARTS) is 1. The number of hydrogen-bond donors (Lipinski definition) is 1. The summed E-state index contributed by atoms with van der Waals surface area (Å²) in [6, 6.07) is 4.28. The van der Waals surface area contributed by atoms with Crippen molar-refractivity contribution in [3.8, 4) is 0 Å². The second kappa shape index (κ2) is 8.83. The minimum absolute atomic E-state index is 0.339. The molecule has 0 aliphatic heterocycles. The van der Waals surface area contributed by atoms with Crippen LogP contribution in [0.5, 0.6) is 0 Å². The minimum Gasteiger partial charge on any atom is -0.548 e. The lowest BCUT2D eigenvalue weighted by molar-refractivity contribution is -0.310. The van der Waals surface area contributed by atoms with Crippen molar-refractivity contribution in [3.63, 3.8) is 0 Å². The highest BCUT2D eigenvalue weighted by atomic mass is 35.5. The number of aliphatic carboxylic acids is 1. The predicted molar refractivity (Wildman–Crippen MR) is 112 cm³/mol. The van der Waals surface area contributed by atoms with Crippen LogP contribution in [-0.2, 0) is 28.9 Å². The first-order valence-corrected chi connectivity index (χ1v) is 10.9. The molecule has 9 heteroatoms. The Morgan fingerprint density at radius 1 is 1.37 bits per heavy atom.